The van der Waals surface area contributed by atoms with Crippen LogP contribution in [-0.4, -0.2) is 31.0 Å². The highest BCUT2D eigenvalue weighted by Gasteiger charge is 2.25. The van der Waals surface area contributed by atoms with Crippen molar-refractivity contribution in [2.45, 2.75) is 58.4 Å². The zero-order valence-electron chi connectivity index (χ0n) is 14.7. The van der Waals surface area contributed by atoms with Crippen LogP contribution in [0.3, 0.4) is 0 Å². The van der Waals surface area contributed by atoms with Gasteiger partial charge < -0.3 is 15.0 Å². The molecule has 1 N–H and O–H groups in total. The van der Waals surface area contributed by atoms with E-state index in [-0.39, 0.29) is 24.5 Å². The van der Waals surface area contributed by atoms with E-state index in [1.54, 1.807) is 4.90 Å². The smallest absolute Gasteiger partial charge is 0.265 e. The van der Waals surface area contributed by atoms with Crippen molar-refractivity contribution in [3.8, 4) is 5.75 Å². The van der Waals surface area contributed by atoms with Crippen molar-refractivity contribution in [1.82, 2.24) is 5.32 Å². The molecule has 0 saturated heterocycles. The Labute approximate surface area is 144 Å². The van der Waals surface area contributed by atoms with Gasteiger partial charge in [0.05, 0.1) is 5.69 Å². The zero-order valence-corrected chi connectivity index (χ0v) is 14.7. The molecule has 1 aromatic rings. The molecule has 0 saturated carbocycles. The van der Waals surface area contributed by atoms with E-state index in [4.69, 9.17) is 4.74 Å². The second-order valence-electron chi connectivity index (χ2n) is 6.37. The SMILES string of the molecule is CCCCCCC(C)NC(=O)CCN1C(=O)COc2ccccc21. The predicted octanol–water partition coefficient (Wildman–Crippen LogP) is 3.28. The molecule has 5 nitrogen and oxygen atoms in total. The van der Waals surface area contributed by atoms with Crippen molar-refractivity contribution in [1.29, 1.82) is 0 Å². The summed E-state index contributed by atoms with van der Waals surface area (Å²) in [5.41, 5.74) is 0.745. The van der Waals surface area contributed by atoms with Crippen LogP contribution >= 0.6 is 0 Å². The van der Waals surface area contributed by atoms with Gasteiger partial charge in [-0.15, -0.1) is 0 Å². The van der Waals surface area contributed by atoms with E-state index in [2.05, 4.69) is 12.2 Å². The molecule has 0 aliphatic carbocycles. The van der Waals surface area contributed by atoms with Crippen LogP contribution in [0.5, 0.6) is 5.75 Å². The number of amides is 2. The molecule has 0 radical (unpaired) electrons. The Kier molecular flexibility index (Phi) is 7.09. The topological polar surface area (TPSA) is 58.6 Å². The summed E-state index contributed by atoms with van der Waals surface area (Å²) in [5, 5.41) is 3.03. The minimum absolute atomic E-state index is 0.00485. The van der Waals surface area contributed by atoms with Crippen LogP contribution in [0.15, 0.2) is 24.3 Å². The van der Waals surface area contributed by atoms with E-state index in [1.807, 2.05) is 31.2 Å². The fraction of sp³-hybridized carbons (Fsp3) is 0.579. The molecule has 0 aromatic heterocycles. The highest BCUT2D eigenvalue weighted by atomic mass is 16.5. The minimum atomic E-state index is -0.103. The van der Waals surface area contributed by atoms with Gasteiger partial charge in [-0.05, 0) is 25.5 Å². The van der Waals surface area contributed by atoms with Gasteiger partial charge >= 0.3 is 0 Å². The fourth-order valence-corrected chi connectivity index (χ4v) is 2.91. The number of nitrogens with zero attached hydrogens (tertiary/aromatic N) is 1. The number of hydrogen-bond donors (Lipinski definition) is 1. The van der Waals surface area contributed by atoms with E-state index in [0.29, 0.717) is 18.7 Å². The molecule has 1 heterocycles. The number of para-hydroxylation sites is 2. The minimum Gasteiger partial charge on any atom is -0.482 e. The Morgan fingerprint density at radius 3 is 2.88 bits per heavy atom. The number of benzene rings is 1. The van der Waals surface area contributed by atoms with Crippen molar-refractivity contribution in [2.75, 3.05) is 18.1 Å². The first-order valence-electron chi connectivity index (χ1n) is 8.93. The molecule has 132 valence electrons. The number of hydrogen-bond acceptors (Lipinski definition) is 3. The molecule has 0 fully saturated rings. The van der Waals surface area contributed by atoms with Crippen molar-refractivity contribution < 1.29 is 14.3 Å². The number of rotatable bonds is 9. The average molecular weight is 332 g/mol. The van der Waals surface area contributed by atoms with Gasteiger partial charge in [-0.2, -0.15) is 0 Å². The van der Waals surface area contributed by atoms with E-state index >= 15 is 0 Å². The first-order valence-corrected chi connectivity index (χ1v) is 8.93. The van der Waals surface area contributed by atoms with Gasteiger partial charge in [-0.25, -0.2) is 0 Å². The molecule has 24 heavy (non-hydrogen) atoms. The van der Waals surface area contributed by atoms with E-state index in [9.17, 15) is 9.59 Å². The molecule has 1 aliphatic rings. The number of carbonyl (C=O) groups is 2. The van der Waals surface area contributed by atoms with E-state index < -0.39 is 0 Å². The number of fused-ring (bicyclic) bond motifs is 1. The van der Waals surface area contributed by atoms with Gasteiger partial charge in [0.2, 0.25) is 5.91 Å². The molecule has 5 heteroatoms. The Balaban J connectivity index is 1.78. The molecule has 1 atom stereocenters. The third kappa shape index (κ3) is 5.25. The lowest BCUT2D eigenvalue weighted by molar-refractivity contribution is -0.122. The molecule has 0 spiro atoms. The molecule has 2 amide bonds. The predicted molar refractivity (Wildman–Crippen MR) is 95.3 cm³/mol. The number of anilines is 1. The van der Waals surface area contributed by atoms with Gasteiger partial charge in [0.25, 0.3) is 5.91 Å². The van der Waals surface area contributed by atoms with Gasteiger partial charge in [-0.3, -0.25) is 9.59 Å². The summed E-state index contributed by atoms with van der Waals surface area (Å²) in [5.74, 6) is 0.589. The van der Waals surface area contributed by atoms with Crippen LogP contribution in [0.25, 0.3) is 0 Å². The second kappa shape index (κ2) is 9.30. The first kappa shape index (κ1) is 18.3. The Hall–Kier alpha value is -2.04. The number of unbranched alkanes of at least 4 members (excludes halogenated alkanes) is 3. The number of nitrogens with one attached hydrogen (secondary N) is 1. The average Bonchev–Trinajstić information content (AvgIpc) is 2.58. The molecular formula is C19H28N2O3. The zero-order chi connectivity index (χ0) is 17.4. The van der Waals surface area contributed by atoms with Crippen LogP contribution in [-0.2, 0) is 9.59 Å². The Bertz CT molecular complexity index is 559. The quantitative estimate of drug-likeness (QED) is 0.706. The third-order valence-corrected chi connectivity index (χ3v) is 4.27. The number of carbonyl (C=O) groups excluding carboxylic acids is 2. The lowest BCUT2D eigenvalue weighted by Gasteiger charge is -2.29. The largest absolute Gasteiger partial charge is 0.482 e. The molecule has 1 aromatic carbocycles. The third-order valence-electron chi connectivity index (χ3n) is 4.27. The lowest BCUT2D eigenvalue weighted by atomic mass is 10.1. The molecule has 2 rings (SSSR count). The summed E-state index contributed by atoms with van der Waals surface area (Å²) in [6.07, 6.45) is 6.14. The van der Waals surface area contributed by atoms with Gasteiger partial charge in [0.15, 0.2) is 6.61 Å². The Morgan fingerprint density at radius 1 is 1.29 bits per heavy atom. The van der Waals surface area contributed by atoms with E-state index in [1.165, 1.54) is 19.3 Å². The molecule has 1 aliphatic heterocycles. The van der Waals surface area contributed by atoms with E-state index in [0.717, 1.165) is 18.5 Å². The van der Waals surface area contributed by atoms with Crippen LogP contribution in [0.4, 0.5) is 5.69 Å². The number of ether oxygens (including phenoxy) is 1. The van der Waals surface area contributed by atoms with Crippen LogP contribution < -0.4 is 15.0 Å². The van der Waals surface area contributed by atoms with Crippen molar-refractivity contribution in [3.05, 3.63) is 24.3 Å². The van der Waals surface area contributed by atoms with Crippen LogP contribution in [0.2, 0.25) is 0 Å². The summed E-state index contributed by atoms with van der Waals surface area (Å²) in [4.78, 5) is 25.8. The van der Waals surface area contributed by atoms with Gasteiger partial charge in [0, 0.05) is 19.0 Å². The highest BCUT2D eigenvalue weighted by Crippen LogP contribution is 2.31. The first-order chi connectivity index (χ1) is 11.6. The summed E-state index contributed by atoms with van der Waals surface area (Å²) in [7, 11) is 0. The summed E-state index contributed by atoms with van der Waals surface area (Å²) >= 11 is 0. The Morgan fingerprint density at radius 2 is 2.08 bits per heavy atom. The maximum Gasteiger partial charge on any atom is 0.265 e. The maximum atomic E-state index is 12.1. The van der Waals surface area contributed by atoms with Crippen molar-refractivity contribution in [2.24, 2.45) is 0 Å². The van der Waals surface area contributed by atoms with Crippen LogP contribution in [0.1, 0.15) is 52.4 Å². The van der Waals surface area contributed by atoms with Crippen molar-refractivity contribution >= 4 is 17.5 Å². The molecular weight excluding hydrogens is 304 g/mol. The van der Waals surface area contributed by atoms with Crippen LogP contribution in [0, 0.1) is 0 Å². The highest BCUT2D eigenvalue weighted by molar-refractivity contribution is 5.98. The lowest BCUT2D eigenvalue weighted by Crippen LogP contribution is -2.42. The van der Waals surface area contributed by atoms with Crippen molar-refractivity contribution in [3.63, 3.8) is 0 Å². The normalized spacial score (nSPS) is 14.8. The standard InChI is InChI=1S/C19H28N2O3/c1-3-4-5-6-9-15(2)20-18(22)12-13-21-16-10-7-8-11-17(16)24-14-19(21)23/h7-8,10-11,15H,3-6,9,12-14H2,1-2H3,(H,20,22). The van der Waals surface area contributed by atoms with Gasteiger partial charge in [-0.1, -0.05) is 44.7 Å². The summed E-state index contributed by atoms with van der Waals surface area (Å²) in [6.45, 7) is 4.65. The monoisotopic (exact) mass is 332 g/mol. The fourth-order valence-electron chi connectivity index (χ4n) is 2.91. The second-order valence-corrected chi connectivity index (χ2v) is 6.37. The maximum absolute atomic E-state index is 12.1. The molecule has 0 bridgehead atoms. The summed E-state index contributed by atoms with van der Waals surface area (Å²) in [6, 6.07) is 7.61. The summed E-state index contributed by atoms with van der Waals surface area (Å²) < 4.78 is 5.41. The van der Waals surface area contributed by atoms with Gasteiger partial charge in [0.1, 0.15) is 5.75 Å². The molecule has 1 unspecified atom stereocenters.